The van der Waals surface area contributed by atoms with Crippen LogP contribution in [0.1, 0.15) is 72.0 Å². The van der Waals surface area contributed by atoms with E-state index in [-0.39, 0.29) is 6.04 Å². The highest BCUT2D eigenvalue weighted by Crippen LogP contribution is 2.38. The lowest BCUT2D eigenvalue weighted by Crippen LogP contribution is -2.87. The Hall–Kier alpha value is -3.44. The zero-order valence-corrected chi connectivity index (χ0v) is 21.9. The molecule has 0 radical (unpaired) electrons. The topological polar surface area (TPSA) is 60.1 Å². The van der Waals surface area contributed by atoms with E-state index in [9.17, 15) is 0 Å². The Labute approximate surface area is 219 Å². The van der Waals surface area contributed by atoms with Crippen molar-refractivity contribution in [1.29, 1.82) is 0 Å². The van der Waals surface area contributed by atoms with E-state index in [1.165, 1.54) is 65.4 Å². The molecule has 1 saturated carbocycles. The first-order valence-electron chi connectivity index (χ1n) is 13.7. The predicted octanol–water partition coefficient (Wildman–Crippen LogP) is 6.02. The number of nitrogens with one attached hydrogen (secondary N) is 1. The number of para-hydroxylation sites is 1. The number of benzene rings is 3. The van der Waals surface area contributed by atoms with Crippen LogP contribution in [0.15, 0.2) is 60.7 Å². The number of ether oxygens (including phenoxy) is 3. The number of aromatic amines is 1. The zero-order valence-electron chi connectivity index (χ0n) is 21.9. The van der Waals surface area contributed by atoms with Crippen LogP contribution in [0.3, 0.4) is 0 Å². The fraction of sp³-hybridized carbons (Fsp3) is 0.375. The van der Waals surface area contributed by atoms with E-state index in [2.05, 4.69) is 64.9 Å². The number of aromatic nitrogens is 1. The molecular formula is C32H37N2O3+. The number of fused-ring (bicyclic) bond motifs is 3. The largest absolute Gasteiger partial charge is 0.497 e. The van der Waals surface area contributed by atoms with Crippen molar-refractivity contribution in [3.05, 3.63) is 88.6 Å². The second-order valence-electron chi connectivity index (χ2n) is 10.4. The van der Waals surface area contributed by atoms with Gasteiger partial charge in [-0.3, -0.25) is 0 Å². The second-order valence-corrected chi connectivity index (χ2v) is 10.4. The smallest absolute Gasteiger partial charge is 0.153 e. The molecule has 2 aliphatic rings. The number of hydrogen-bond acceptors (Lipinski definition) is 3. The quantitative estimate of drug-likeness (QED) is 0.328. The van der Waals surface area contributed by atoms with Crippen LogP contribution in [-0.4, -0.2) is 25.7 Å². The molecule has 1 aliphatic heterocycles. The van der Waals surface area contributed by atoms with Crippen LogP contribution in [0.5, 0.6) is 17.2 Å². The van der Waals surface area contributed by atoms with Crippen LogP contribution in [0.4, 0.5) is 0 Å². The van der Waals surface area contributed by atoms with Gasteiger partial charge in [-0.1, -0.05) is 37.5 Å². The lowest BCUT2D eigenvalue weighted by Gasteiger charge is -2.25. The van der Waals surface area contributed by atoms with E-state index in [1.807, 2.05) is 6.07 Å². The predicted molar refractivity (Wildman–Crippen MR) is 147 cm³/mol. The van der Waals surface area contributed by atoms with Crippen molar-refractivity contribution in [1.82, 2.24) is 4.98 Å². The molecule has 1 aliphatic carbocycles. The lowest BCUT2D eigenvalue weighted by molar-refractivity contribution is -0.690. The Balaban J connectivity index is 1.29. The molecule has 3 aromatic carbocycles. The van der Waals surface area contributed by atoms with Crippen LogP contribution >= 0.6 is 0 Å². The van der Waals surface area contributed by atoms with Crippen LogP contribution in [0.2, 0.25) is 0 Å². The van der Waals surface area contributed by atoms with E-state index >= 15 is 0 Å². The van der Waals surface area contributed by atoms with Crippen LogP contribution in [0, 0.1) is 0 Å². The van der Waals surface area contributed by atoms with Gasteiger partial charge in [0, 0.05) is 28.5 Å². The van der Waals surface area contributed by atoms with Crippen molar-refractivity contribution >= 4 is 10.9 Å². The maximum atomic E-state index is 6.49. The molecule has 0 spiro atoms. The van der Waals surface area contributed by atoms with Crippen LogP contribution < -0.4 is 19.5 Å². The summed E-state index contributed by atoms with van der Waals surface area (Å²) >= 11 is 0. The zero-order chi connectivity index (χ0) is 25.2. The van der Waals surface area contributed by atoms with Crippen molar-refractivity contribution in [3.63, 3.8) is 0 Å². The molecule has 0 bridgehead atoms. The Kier molecular flexibility index (Phi) is 6.79. The molecule has 1 fully saturated rings. The first-order chi connectivity index (χ1) is 18.2. The molecule has 5 nitrogen and oxygen atoms in total. The molecule has 0 amide bonds. The summed E-state index contributed by atoms with van der Waals surface area (Å²) in [6, 6.07) is 21.7. The number of H-pyrrole nitrogens is 1. The molecule has 6 rings (SSSR count). The van der Waals surface area contributed by atoms with Gasteiger partial charge in [0.1, 0.15) is 23.9 Å². The van der Waals surface area contributed by atoms with E-state index < -0.39 is 0 Å². The fourth-order valence-electron chi connectivity index (χ4n) is 6.35. The van der Waals surface area contributed by atoms with Gasteiger partial charge in [-0.05, 0) is 72.4 Å². The summed E-state index contributed by atoms with van der Waals surface area (Å²) in [6.07, 6.45) is 7.55. The minimum Gasteiger partial charge on any atom is -0.497 e. The van der Waals surface area contributed by atoms with Gasteiger partial charge in [-0.15, -0.1) is 0 Å². The van der Waals surface area contributed by atoms with E-state index in [4.69, 9.17) is 14.2 Å². The third-order valence-corrected chi connectivity index (χ3v) is 8.26. The van der Waals surface area contributed by atoms with Crippen molar-refractivity contribution in [2.24, 2.45) is 0 Å². The third-order valence-electron chi connectivity index (χ3n) is 8.26. The highest BCUT2D eigenvalue weighted by Gasteiger charge is 2.29. The van der Waals surface area contributed by atoms with Gasteiger partial charge in [0.2, 0.25) is 0 Å². The molecule has 192 valence electrons. The Bertz CT molecular complexity index is 1390. The summed E-state index contributed by atoms with van der Waals surface area (Å²) in [4.78, 5) is 3.72. The normalized spacial score (nSPS) is 17.9. The average Bonchev–Trinajstić information content (AvgIpc) is 3.34. The van der Waals surface area contributed by atoms with Crippen molar-refractivity contribution in [3.8, 4) is 17.2 Å². The van der Waals surface area contributed by atoms with Gasteiger partial charge in [-0.25, -0.2) is 0 Å². The van der Waals surface area contributed by atoms with Crippen molar-refractivity contribution < 1.29 is 19.5 Å². The molecule has 3 N–H and O–H groups in total. The minimum atomic E-state index is 0.210. The van der Waals surface area contributed by atoms with Gasteiger partial charge in [-0.2, -0.15) is 0 Å². The van der Waals surface area contributed by atoms with E-state index in [0.717, 1.165) is 35.8 Å². The Morgan fingerprint density at radius 1 is 0.892 bits per heavy atom. The lowest BCUT2D eigenvalue weighted by atomic mass is 9.84. The summed E-state index contributed by atoms with van der Waals surface area (Å²) in [7, 11) is 3.47. The first-order valence-corrected chi connectivity index (χ1v) is 13.7. The van der Waals surface area contributed by atoms with E-state index in [1.54, 1.807) is 14.2 Å². The van der Waals surface area contributed by atoms with Crippen molar-refractivity contribution in [2.45, 2.75) is 57.1 Å². The van der Waals surface area contributed by atoms with Gasteiger partial charge < -0.3 is 24.5 Å². The molecule has 1 aromatic heterocycles. The standard InChI is InChI=1S/C32H36N2O3/c1-35-24-13-14-28-27(19-24)26-16-17-33-31(32(26)34-28)22-12-15-29(36-2)23(18-22)20-37-30-11-7-6-10-25(30)21-8-4-3-5-9-21/h6-7,10-15,18-19,21,31,33-34H,3-5,8-9,16-17,20H2,1-2H3/p+1/t31-/m0/s1. The summed E-state index contributed by atoms with van der Waals surface area (Å²) in [5, 5.41) is 3.70. The number of methoxy groups -OCH3 is 2. The first kappa shape index (κ1) is 23.9. The molecular weight excluding hydrogens is 460 g/mol. The summed E-state index contributed by atoms with van der Waals surface area (Å²) in [5.41, 5.74) is 7.56. The van der Waals surface area contributed by atoms with Gasteiger partial charge in [0.05, 0.1) is 26.5 Å². The minimum absolute atomic E-state index is 0.210. The molecule has 0 unspecified atom stereocenters. The van der Waals surface area contributed by atoms with Gasteiger partial charge >= 0.3 is 0 Å². The molecule has 1 atom stereocenters. The highest BCUT2D eigenvalue weighted by atomic mass is 16.5. The van der Waals surface area contributed by atoms with Gasteiger partial charge in [0.15, 0.2) is 6.04 Å². The summed E-state index contributed by atoms with van der Waals surface area (Å²) in [6.45, 7) is 1.54. The average molecular weight is 498 g/mol. The molecule has 5 heteroatoms. The monoisotopic (exact) mass is 497 g/mol. The number of nitrogens with two attached hydrogens (primary N) is 1. The third kappa shape index (κ3) is 4.69. The molecule has 2 heterocycles. The van der Waals surface area contributed by atoms with Crippen LogP contribution in [0.25, 0.3) is 10.9 Å². The molecule has 4 aromatic rings. The van der Waals surface area contributed by atoms with Crippen molar-refractivity contribution in [2.75, 3.05) is 20.8 Å². The molecule has 0 saturated heterocycles. The Morgan fingerprint density at radius 3 is 2.59 bits per heavy atom. The summed E-state index contributed by atoms with van der Waals surface area (Å²) in [5.74, 6) is 3.39. The Morgan fingerprint density at radius 2 is 1.76 bits per heavy atom. The van der Waals surface area contributed by atoms with Gasteiger partial charge in [0.25, 0.3) is 0 Å². The number of rotatable bonds is 7. The summed E-state index contributed by atoms with van der Waals surface area (Å²) < 4.78 is 17.7. The second kappa shape index (κ2) is 10.5. The highest BCUT2D eigenvalue weighted by molar-refractivity contribution is 5.86. The fourth-order valence-corrected chi connectivity index (χ4v) is 6.35. The molecule has 37 heavy (non-hydrogen) atoms. The maximum Gasteiger partial charge on any atom is 0.153 e. The van der Waals surface area contributed by atoms with Crippen LogP contribution in [-0.2, 0) is 13.0 Å². The number of quaternary nitrogens is 1. The van der Waals surface area contributed by atoms with E-state index in [0.29, 0.717) is 12.5 Å². The SMILES string of the molecule is COc1ccc2[nH]c3c(c2c1)CC[NH2+][C@H]3c1ccc(OC)c(COc2ccccc2C2CCCCC2)c1. The maximum absolute atomic E-state index is 6.49. The number of hydrogen-bond donors (Lipinski definition) is 2.